The van der Waals surface area contributed by atoms with Gasteiger partial charge in [0.05, 0.1) is 22.8 Å². The number of anilines is 2. The summed E-state index contributed by atoms with van der Waals surface area (Å²) in [5.74, 6) is 0.0638. The number of benzene rings is 2. The van der Waals surface area contributed by atoms with Crippen molar-refractivity contribution < 1.29 is 4.39 Å². The Labute approximate surface area is 200 Å². The number of rotatable bonds is 4. The van der Waals surface area contributed by atoms with Crippen LogP contribution in [0.4, 0.5) is 16.0 Å². The molecule has 0 atom stereocenters. The topological polar surface area (TPSA) is 103 Å². The molecule has 0 spiro atoms. The summed E-state index contributed by atoms with van der Waals surface area (Å²) < 4.78 is 17.0. The van der Waals surface area contributed by atoms with Crippen LogP contribution < -0.4 is 16.2 Å². The number of halogens is 1. The van der Waals surface area contributed by atoms with Crippen molar-refractivity contribution in [2.24, 2.45) is 0 Å². The molecule has 0 radical (unpaired) electrons. The molecule has 1 saturated heterocycles. The van der Waals surface area contributed by atoms with Gasteiger partial charge in [0.15, 0.2) is 5.65 Å². The first-order chi connectivity index (χ1) is 17.1. The minimum absolute atomic E-state index is 0.127. The summed E-state index contributed by atoms with van der Waals surface area (Å²) in [7, 11) is 0. The first-order valence-electron chi connectivity index (χ1n) is 11.3. The molecule has 172 valence electrons. The number of nitrogens with one attached hydrogen (secondary N) is 3. The van der Waals surface area contributed by atoms with Crippen molar-refractivity contribution >= 4 is 28.2 Å². The highest BCUT2D eigenvalue weighted by Crippen LogP contribution is 2.36. The largest absolute Gasteiger partial charge is 0.322 e. The molecule has 0 amide bonds. The molecule has 0 aliphatic carbocycles. The zero-order valence-corrected chi connectivity index (χ0v) is 18.9. The van der Waals surface area contributed by atoms with Crippen LogP contribution >= 0.6 is 0 Å². The van der Waals surface area contributed by atoms with Gasteiger partial charge in [-0.1, -0.05) is 18.2 Å². The van der Waals surface area contributed by atoms with Gasteiger partial charge in [-0.25, -0.2) is 8.91 Å². The van der Waals surface area contributed by atoms with Gasteiger partial charge in [0.2, 0.25) is 5.95 Å². The van der Waals surface area contributed by atoms with Gasteiger partial charge in [0.1, 0.15) is 5.82 Å². The Bertz CT molecular complexity index is 1620. The van der Waals surface area contributed by atoms with Crippen LogP contribution in [0.15, 0.2) is 60.9 Å². The number of nitrogens with zero attached hydrogens (tertiary/aromatic N) is 5. The van der Waals surface area contributed by atoms with E-state index in [2.05, 4.69) is 32.3 Å². The van der Waals surface area contributed by atoms with Crippen molar-refractivity contribution in [3.63, 3.8) is 0 Å². The number of nitriles is 1. The Hall–Kier alpha value is -4.39. The summed E-state index contributed by atoms with van der Waals surface area (Å²) in [6.45, 7) is 3.23. The molecule has 4 heterocycles. The molecule has 1 aliphatic rings. The number of fused-ring (bicyclic) bond motifs is 2. The Morgan fingerprint density at radius 2 is 1.97 bits per heavy atom. The molecule has 3 N–H and O–H groups in total. The summed E-state index contributed by atoms with van der Waals surface area (Å²) in [4.78, 5) is 9.19. The van der Waals surface area contributed by atoms with Crippen molar-refractivity contribution in [3.05, 3.63) is 83.4 Å². The van der Waals surface area contributed by atoms with E-state index in [1.54, 1.807) is 16.8 Å². The van der Waals surface area contributed by atoms with Gasteiger partial charge in [0, 0.05) is 47.9 Å². The number of pyridine rings is 2. The smallest absolute Gasteiger partial charge is 0.247 e. The predicted octanol–water partition coefficient (Wildman–Crippen LogP) is 4.20. The fourth-order valence-electron chi connectivity index (χ4n) is 4.63. The van der Waals surface area contributed by atoms with Crippen LogP contribution in [0.2, 0.25) is 0 Å². The van der Waals surface area contributed by atoms with E-state index >= 15 is 4.39 Å². The Morgan fingerprint density at radius 1 is 1.14 bits per heavy atom. The zero-order valence-electron chi connectivity index (χ0n) is 18.9. The summed E-state index contributed by atoms with van der Waals surface area (Å²) in [5, 5.41) is 18.2. The number of aromatic nitrogens is 4. The van der Waals surface area contributed by atoms with E-state index in [4.69, 9.17) is 4.98 Å². The molecule has 0 unspecified atom stereocenters. The normalized spacial score (nSPS) is 14.0. The fourth-order valence-corrected chi connectivity index (χ4v) is 4.63. The molecule has 3 aromatic heterocycles. The van der Waals surface area contributed by atoms with Gasteiger partial charge in [-0.15, -0.1) is 5.10 Å². The molecule has 0 saturated carbocycles. The molecule has 1 aliphatic heterocycles. The third-order valence-corrected chi connectivity index (χ3v) is 6.40. The summed E-state index contributed by atoms with van der Waals surface area (Å²) >= 11 is 0. The molecular formula is C26H21FN8. The summed E-state index contributed by atoms with van der Waals surface area (Å²) in [6.07, 6.45) is 3.59. The number of hydrogen-bond donors (Lipinski definition) is 3. The number of hydrogen-bond acceptors (Lipinski definition) is 7. The van der Waals surface area contributed by atoms with Crippen molar-refractivity contribution in [1.82, 2.24) is 30.4 Å². The maximum atomic E-state index is 15.4. The average molecular weight is 465 g/mol. The second kappa shape index (κ2) is 8.43. The SMILES string of the molecule is Cc1cc(-c2c(C3CNNC3)ccn3nc(Nc4ccnc5ccccc45)nc23)c(F)cc1C#N. The van der Waals surface area contributed by atoms with E-state index in [0.717, 1.165) is 22.2 Å². The standard InChI is InChI=1S/C26H21FN8/c1-15-10-20(21(27)11-16(15)12-28)24-18(17-13-30-31-14-17)7-9-35-25(24)33-26(34-35)32-23-6-8-29-22-5-3-2-4-19(22)23/h2-11,17,30-31H,13-14H2,1H3,(H,29,32,34). The second-order valence-corrected chi connectivity index (χ2v) is 8.57. The average Bonchev–Trinajstić information content (AvgIpc) is 3.55. The van der Waals surface area contributed by atoms with Gasteiger partial charge in [0.25, 0.3) is 0 Å². The van der Waals surface area contributed by atoms with Crippen molar-refractivity contribution in [2.75, 3.05) is 18.4 Å². The van der Waals surface area contributed by atoms with Crippen LogP contribution in [0, 0.1) is 24.1 Å². The third-order valence-electron chi connectivity index (χ3n) is 6.40. The van der Waals surface area contributed by atoms with Crippen molar-refractivity contribution in [3.8, 4) is 17.2 Å². The minimum atomic E-state index is -0.460. The quantitative estimate of drug-likeness (QED) is 0.366. The van der Waals surface area contributed by atoms with Crippen LogP contribution in [0.25, 0.3) is 27.7 Å². The van der Waals surface area contributed by atoms with Gasteiger partial charge < -0.3 is 5.32 Å². The maximum Gasteiger partial charge on any atom is 0.247 e. The molecule has 0 bridgehead atoms. The van der Waals surface area contributed by atoms with Crippen LogP contribution in [-0.2, 0) is 0 Å². The predicted molar refractivity (Wildman–Crippen MR) is 132 cm³/mol. The monoisotopic (exact) mass is 464 g/mol. The minimum Gasteiger partial charge on any atom is -0.322 e. The first kappa shape index (κ1) is 21.2. The molecule has 1 fully saturated rings. The Kier molecular flexibility index (Phi) is 5.10. The summed E-state index contributed by atoms with van der Waals surface area (Å²) in [6, 6.07) is 16.7. The highest BCUT2D eigenvalue weighted by atomic mass is 19.1. The van der Waals surface area contributed by atoms with Crippen LogP contribution in [-0.4, -0.2) is 32.7 Å². The Morgan fingerprint density at radius 3 is 2.80 bits per heavy atom. The fraction of sp³-hybridized carbons (Fsp3) is 0.154. The van der Waals surface area contributed by atoms with E-state index in [9.17, 15) is 5.26 Å². The lowest BCUT2D eigenvalue weighted by molar-refractivity contribution is 0.630. The second-order valence-electron chi connectivity index (χ2n) is 8.57. The van der Waals surface area contributed by atoms with E-state index < -0.39 is 5.82 Å². The number of aryl methyl sites for hydroxylation is 1. The molecule has 5 aromatic rings. The van der Waals surface area contributed by atoms with E-state index in [1.165, 1.54) is 6.07 Å². The van der Waals surface area contributed by atoms with Gasteiger partial charge in [-0.05, 0) is 48.4 Å². The lowest BCUT2D eigenvalue weighted by Crippen LogP contribution is -2.21. The molecule has 2 aromatic carbocycles. The zero-order chi connectivity index (χ0) is 23.9. The third kappa shape index (κ3) is 3.65. The summed E-state index contributed by atoms with van der Waals surface area (Å²) in [5.41, 5.74) is 11.6. The highest BCUT2D eigenvalue weighted by Gasteiger charge is 2.25. The van der Waals surface area contributed by atoms with Crippen molar-refractivity contribution in [1.29, 1.82) is 5.26 Å². The molecule has 9 heteroatoms. The first-order valence-corrected chi connectivity index (χ1v) is 11.3. The van der Waals surface area contributed by atoms with Crippen molar-refractivity contribution in [2.45, 2.75) is 12.8 Å². The highest BCUT2D eigenvalue weighted by molar-refractivity contribution is 5.92. The lowest BCUT2D eigenvalue weighted by Gasteiger charge is -2.16. The van der Waals surface area contributed by atoms with Gasteiger partial charge in [-0.2, -0.15) is 10.2 Å². The maximum absolute atomic E-state index is 15.4. The van der Waals surface area contributed by atoms with E-state index in [0.29, 0.717) is 46.9 Å². The van der Waals surface area contributed by atoms with Gasteiger partial charge >= 0.3 is 0 Å². The number of para-hydroxylation sites is 1. The van der Waals surface area contributed by atoms with E-state index in [1.807, 2.05) is 49.5 Å². The Balaban J connectivity index is 1.53. The molecule has 8 nitrogen and oxygen atoms in total. The van der Waals surface area contributed by atoms with Crippen LogP contribution in [0.1, 0.15) is 22.6 Å². The molecular weight excluding hydrogens is 443 g/mol. The molecule has 6 rings (SSSR count). The van der Waals surface area contributed by atoms with E-state index in [-0.39, 0.29) is 5.92 Å². The van der Waals surface area contributed by atoms with Crippen LogP contribution in [0.5, 0.6) is 0 Å². The number of hydrazine groups is 1. The van der Waals surface area contributed by atoms with Crippen LogP contribution in [0.3, 0.4) is 0 Å². The molecule has 35 heavy (non-hydrogen) atoms. The van der Waals surface area contributed by atoms with Gasteiger partial charge in [-0.3, -0.25) is 15.8 Å². The lowest BCUT2D eigenvalue weighted by atomic mass is 9.90.